The molecule has 0 unspecified atom stereocenters. The molecule has 0 heterocycles. The van der Waals surface area contributed by atoms with Crippen molar-refractivity contribution in [1.82, 2.24) is 0 Å². The van der Waals surface area contributed by atoms with Gasteiger partial charge in [0.1, 0.15) is 17.4 Å². The molecule has 2 aromatic rings. The van der Waals surface area contributed by atoms with Crippen LogP contribution in [0.25, 0.3) is 0 Å². The van der Waals surface area contributed by atoms with E-state index < -0.39 is 10.7 Å². The minimum atomic E-state index is -0.632. The Labute approximate surface area is 124 Å². The van der Waals surface area contributed by atoms with E-state index in [1.165, 1.54) is 30.3 Å². The number of halogens is 2. The van der Waals surface area contributed by atoms with Crippen molar-refractivity contribution in [2.75, 3.05) is 5.32 Å². The maximum Gasteiger partial charge on any atom is 0.269 e. The predicted molar refractivity (Wildman–Crippen MR) is 76.5 cm³/mol. The fourth-order valence-corrected chi connectivity index (χ4v) is 1.97. The van der Waals surface area contributed by atoms with Crippen molar-refractivity contribution in [2.24, 2.45) is 0 Å². The van der Waals surface area contributed by atoms with Crippen molar-refractivity contribution < 1.29 is 9.31 Å². The maximum atomic E-state index is 13.4. The van der Waals surface area contributed by atoms with Crippen molar-refractivity contribution >= 4 is 23.0 Å². The van der Waals surface area contributed by atoms with Gasteiger partial charge in [0.2, 0.25) is 0 Å². The second-order valence-electron chi connectivity index (χ2n) is 4.16. The van der Waals surface area contributed by atoms with Crippen LogP contribution in [0.2, 0.25) is 5.02 Å². The summed E-state index contributed by atoms with van der Waals surface area (Å²) in [6, 6.07) is 10.0. The Morgan fingerprint density at radius 3 is 2.81 bits per heavy atom. The molecule has 0 saturated heterocycles. The summed E-state index contributed by atoms with van der Waals surface area (Å²) in [5.41, 5.74) is 0.592. The van der Waals surface area contributed by atoms with Crippen molar-refractivity contribution in [3.63, 3.8) is 0 Å². The molecular formula is C14H9ClFN3O2. The number of nitrogens with zero attached hydrogens (tertiary/aromatic N) is 2. The Hall–Kier alpha value is -2.65. The highest BCUT2D eigenvalue weighted by Crippen LogP contribution is 2.24. The summed E-state index contributed by atoms with van der Waals surface area (Å²) in [7, 11) is 0. The zero-order chi connectivity index (χ0) is 15.4. The molecule has 0 amide bonds. The lowest BCUT2D eigenvalue weighted by molar-refractivity contribution is -0.384. The van der Waals surface area contributed by atoms with Crippen LogP contribution < -0.4 is 5.32 Å². The standard InChI is InChI=1S/C14H9ClFN3O2/c15-12-5-4-10(19(20)21)6-9(12)8-18-14-3-1-2-13(16)11(14)7-17/h1-6,18H,8H2. The van der Waals surface area contributed by atoms with Gasteiger partial charge >= 0.3 is 0 Å². The van der Waals surface area contributed by atoms with Crippen LogP contribution in [0.15, 0.2) is 36.4 Å². The van der Waals surface area contributed by atoms with E-state index in [1.807, 2.05) is 0 Å². The fourth-order valence-electron chi connectivity index (χ4n) is 1.79. The number of non-ortho nitro benzene ring substituents is 1. The van der Waals surface area contributed by atoms with Crippen molar-refractivity contribution in [3.05, 3.63) is 68.5 Å². The number of nitro benzene ring substituents is 1. The Morgan fingerprint density at radius 2 is 2.14 bits per heavy atom. The van der Waals surface area contributed by atoms with Crippen LogP contribution in [0.4, 0.5) is 15.8 Å². The van der Waals surface area contributed by atoms with E-state index in [4.69, 9.17) is 16.9 Å². The third-order valence-corrected chi connectivity index (χ3v) is 3.20. The smallest absolute Gasteiger partial charge is 0.269 e. The van der Waals surface area contributed by atoms with Crippen LogP contribution in [0.5, 0.6) is 0 Å². The topological polar surface area (TPSA) is 79.0 Å². The molecule has 21 heavy (non-hydrogen) atoms. The van der Waals surface area contributed by atoms with Crippen LogP contribution in [0, 0.1) is 27.3 Å². The average Bonchev–Trinajstić information content (AvgIpc) is 2.46. The third-order valence-electron chi connectivity index (χ3n) is 2.83. The molecule has 0 bridgehead atoms. The highest BCUT2D eigenvalue weighted by molar-refractivity contribution is 6.31. The normalized spacial score (nSPS) is 9.95. The number of nitriles is 1. The van der Waals surface area contributed by atoms with E-state index in [1.54, 1.807) is 12.1 Å². The SMILES string of the molecule is N#Cc1c(F)cccc1NCc1cc([N+](=O)[O-])ccc1Cl. The monoisotopic (exact) mass is 305 g/mol. The summed E-state index contributed by atoms with van der Waals surface area (Å²) in [5, 5.41) is 22.9. The zero-order valence-electron chi connectivity index (χ0n) is 10.6. The number of nitrogens with one attached hydrogen (secondary N) is 1. The molecule has 7 heteroatoms. The fraction of sp³-hybridized carbons (Fsp3) is 0.0714. The number of benzene rings is 2. The molecule has 0 aliphatic heterocycles. The van der Waals surface area contributed by atoms with Crippen LogP contribution in [-0.4, -0.2) is 4.92 Å². The van der Waals surface area contributed by atoms with Crippen LogP contribution >= 0.6 is 11.6 Å². The lowest BCUT2D eigenvalue weighted by Crippen LogP contribution is -2.03. The highest BCUT2D eigenvalue weighted by atomic mass is 35.5. The summed E-state index contributed by atoms with van der Waals surface area (Å²) in [5.74, 6) is -0.632. The van der Waals surface area contributed by atoms with Crippen molar-refractivity contribution in [1.29, 1.82) is 5.26 Å². The number of hydrogen-bond acceptors (Lipinski definition) is 4. The van der Waals surface area contributed by atoms with Gasteiger partial charge in [-0.3, -0.25) is 10.1 Å². The van der Waals surface area contributed by atoms with Gasteiger partial charge in [-0.1, -0.05) is 17.7 Å². The van der Waals surface area contributed by atoms with E-state index in [2.05, 4.69) is 5.32 Å². The number of rotatable bonds is 4. The second kappa shape index (κ2) is 6.20. The van der Waals surface area contributed by atoms with E-state index in [-0.39, 0.29) is 17.8 Å². The summed E-state index contributed by atoms with van der Waals surface area (Å²) in [6.45, 7) is 0.138. The minimum absolute atomic E-state index is 0.0871. The van der Waals surface area contributed by atoms with Gasteiger partial charge in [0.15, 0.2) is 0 Å². The largest absolute Gasteiger partial charge is 0.380 e. The molecule has 0 aromatic heterocycles. The maximum absolute atomic E-state index is 13.4. The van der Waals surface area contributed by atoms with E-state index in [0.717, 1.165) is 0 Å². The molecule has 2 rings (SSSR count). The molecule has 0 radical (unpaired) electrons. The van der Waals surface area contributed by atoms with Crippen LogP contribution in [-0.2, 0) is 6.54 Å². The number of hydrogen-bond donors (Lipinski definition) is 1. The molecule has 0 saturated carbocycles. The molecule has 0 aliphatic carbocycles. The predicted octanol–water partition coefficient (Wildman–Crippen LogP) is 3.87. The Balaban J connectivity index is 2.25. The molecule has 0 atom stereocenters. The zero-order valence-corrected chi connectivity index (χ0v) is 11.4. The first-order valence-electron chi connectivity index (χ1n) is 5.88. The van der Waals surface area contributed by atoms with Crippen LogP contribution in [0.1, 0.15) is 11.1 Å². The molecule has 2 aromatic carbocycles. The van der Waals surface area contributed by atoms with Gasteiger partial charge in [-0.25, -0.2) is 4.39 Å². The summed E-state index contributed by atoms with van der Waals surface area (Å²) >= 11 is 5.97. The lowest BCUT2D eigenvalue weighted by atomic mass is 10.1. The van der Waals surface area contributed by atoms with Gasteiger partial charge in [-0.15, -0.1) is 0 Å². The minimum Gasteiger partial charge on any atom is -0.380 e. The Morgan fingerprint density at radius 1 is 1.38 bits per heavy atom. The molecular weight excluding hydrogens is 297 g/mol. The van der Waals surface area contributed by atoms with Gasteiger partial charge < -0.3 is 5.32 Å². The number of nitro groups is 1. The summed E-state index contributed by atoms with van der Waals surface area (Å²) < 4.78 is 13.4. The van der Waals surface area contributed by atoms with E-state index in [0.29, 0.717) is 16.3 Å². The van der Waals surface area contributed by atoms with Gasteiger partial charge in [0.25, 0.3) is 5.69 Å². The summed E-state index contributed by atoms with van der Waals surface area (Å²) in [6.07, 6.45) is 0. The summed E-state index contributed by atoms with van der Waals surface area (Å²) in [4.78, 5) is 10.2. The Bertz CT molecular complexity index is 743. The molecule has 106 valence electrons. The van der Waals surface area contributed by atoms with Gasteiger partial charge in [-0.05, 0) is 23.8 Å². The molecule has 0 spiro atoms. The second-order valence-corrected chi connectivity index (χ2v) is 4.57. The first-order chi connectivity index (χ1) is 10.0. The van der Waals surface area contributed by atoms with E-state index in [9.17, 15) is 14.5 Å². The molecule has 0 fully saturated rings. The van der Waals surface area contributed by atoms with Gasteiger partial charge in [-0.2, -0.15) is 5.26 Å². The lowest BCUT2D eigenvalue weighted by Gasteiger charge is -2.10. The first-order valence-corrected chi connectivity index (χ1v) is 6.26. The van der Waals surface area contributed by atoms with Crippen molar-refractivity contribution in [2.45, 2.75) is 6.54 Å². The highest BCUT2D eigenvalue weighted by Gasteiger charge is 2.11. The van der Waals surface area contributed by atoms with Crippen LogP contribution in [0.3, 0.4) is 0 Å². The molecule has 5 nitrogen and oxygen atoms in total. The quantitative estimate of drug-likeness (QED) is 0.687. The Kier molecular flexibility index (Phi) is 4.36. The first kappa shape index (κ1) is 14.8. The average molecular weight is 306 g/mol. The van der Waals surface area contributed by atoms with Gasteiger partial charge in [0, 0.05) is 23.7 Å². The third kappa shape index (κ3) is 3.27. The molecule has 1 N–H and O–H groups in total. The van der Waals surface area contributed by atoms with Gasteiger partial charge in [0.05, 0.1) is 10.6 Å². The number of anilines is 1. The molecule has 0 aliphatic rings. The van der Waals surface area contributed by atoms with E-state index >= 15 is 0 Å². The van der Waals surface area contributed by atoms with Crippen molar-refractivity contribution in [3.8, 4) is 6.07 Å².